The molecule has 3 rings (SSSR count). The number of benzene rings is 1. The minimum Gasteiger partial charge on any atom is -0.292 e. The Morgan fingerprint density at radius 2 is 1.81 bits per heavy atom. The largest absolute Gasteiger partial charge is 0.416 e. The Labute approximate surface area is 145 Å². The van der Waals surface area contributed by atoms with Gasteiger partial charge in [-0.2, -0.15) is 18.3 Å². The molecule has 1 atom stereocenters. The number of aromatic amines is 2. The van der Waals surface area contributed by atoms with Gasteiger partial charge in [0.05, 0.1) is 17.3 Å². The molecule has 9 heteroatoms. The molecule has 6 nitrogen and oxygen atoms in total. The molecule has 2 aromatic heterocycles. The topological polar surface area (TPSA) is 83.5 Å². The van der Waals surface area contributed by atoms with Crippen molar-refractivity contribution in [2.45, 2.75) is 38.9 Å². The van der Waals surface area contributed by atoms with Gasteiger partial charge in [0.2, 0.25) is 0 Å². The van der Waals surface area contributed by atoms with Crippen LogP contribution in [0.1, 0.15) is 43.1 Å². The fraction of sp³-hybridized carbons (Fsp3) is 0.353. The fourth-order valence-corrected chi connectivity index (χ4v) is 2.93. The van der Waals surface area contributed by atoms with Crippen LogP contribution < -0.4 is 11.2 Å². The first kappa shape index (κ1) is 18.0. The Balaban J connectivity index is 2.12. The normalized spacial score (nSPS) is 13.3. The van der Waals surface area contributed by atoms with E-state index in [2.05, 4.69) is 15.1 Å². The maximum atomic E-state index is 12.7. The van der Waals surface area contributed by atoms with Crippen molar-refractivity contribution < 1.29 is 13.2 Å². The van der Waals surface area contributed by atoms with Gasteiger partial charge in [0.15, 0.2) is 0 Å². The van der Waals surface area contributed by atoms with Crippen molar-refractivity contribution in [3.05, 3.63) is 61.9 Å². The van der Waals surface area contributed by atoms with Gasteiger partial charge < -0.3 is 0 Å². The van der Waals surface area contributed by atoms with E-state index in [0.29, 0.717) is 23.1 Å². The van der Waals surface area contributed by atoms with Gasteiger partial charge in [-0.1, -0.05) is 25.5 Å². The molecular weight excluding hydrogens is 349 g/mol. The van der Waals surface area contributed by atoms with Gasteiger partial charge in [-0.25, -0.2) is 9.48 Å². The molecule has 0 fully saturated rings. The van der Waals surface area contributed by atoms with Gasteiger partial charge >= 0.3 is 11.9 Å². The van der Waals surface area contributed by atoms with Gasteiger partial charge in [-0.3, -0.25) is 14.8 Å². The highest BCUT2D eigenvalue weighted by molar-refractivity contribution is 5.77. The number of fused-ring (bicyclic) bond motifs is 1. The van der Waals surface area contributed by atoms with Crippen molar-refractivity contribution in [2.24, 2.45) is 0 Å². The molecule has 0 spiro atoms. The maximum Gasteiger partial charge on any atom is 0.416 e. The number of halogens is 3. The second-order valence-corrected chi connectivity index (χ2v) is 6.07. The van der Waals surface area contributed by atoms with Crippen LogP contribution in [0.2, 0.25) is 0 Å². The second-order valence-electron chi connectivity index (χ2n) is 6.07. The highest BCUT2D eigenvalue weighted by atomic mass is 19.4. The van der Waals surface area contributed by atoms with Crippen LogP contribution in [0.25, 0.3) is 11.0 Å². The average Bonchev–Trinajstić information content (AvgIpc) is 2.92. The first-order valence-electron chi connectivity index (χ1n) is 8.13. The van der Waals surface area contributed by atoms with Gasteiger partial charge in [0.1, 0.15) is 11.0 Å². The number of aryl methyl sites for hydroxylation is 1. The highest BCUT2D eigenvalue weighted by Crippen LogP contribution is 2.31. The number of alkyl halides is 3. The molecule has 0 amide bonds. The van der Waals surface area contributed by atoms with E-state index in [4.69, 9.17) is 0 Å². The summed E-state index contributed by atoms with van der Waals surface area (Å²) in [6, 6.07) is 4.26. The minimum atomic E-state index is -4.41. The third-order valence-corrected chi connectivity index (χ3v) is 4.24. The summed E-state index contributed by atoms with van der Waals surface area (Å²) in [4.78, 5) is 28.6. The van der Waals surface area contributed by atoms with Crippen molar-refractivity contribution in [3.8, 4) is 0 Å². The summed E-state index contributed by atoms with van der Waals surface area (Å²) in [6.07, 6.45) is -3.12. The molecule has 0 unspecified atom stereocenters. The first-order chi connectivity index (χ1) is 12.2. The maximum absolute atomic E-state index is 12.7. The van der Waals surface area contributed by atoms with Gasteiger partial charge in [0, 0.05) is 0 Å². The summed E-state index contributed by atoms with van der Waals surface area (Å²) < 4.78 is 39.7. The number of aromatic nitrogens is 4. The molecule has 0 radical (unpaired) electrons. The number of nitrogens with one attached hydrogen (secondary N) is 2. The Bertz CT molecular complexity index is 1050. The summed E-state index contributed by atoms with van der Waals surface area (Å²) in [5.41, 5.74) is -0.556. The first-order valence-corrected chi connectivity index (χ1v) is 8.13. The Morgan fingerprint density at radius 1 is 1.15 bits per heavy atom. The fourth-order valence-electron chi connectivity index (χ4n) is 2.93. The van der Waals surface area contributed by atoms with Crippen LogP contribution in [0.3, 0.4) is 0 Å². The van der Waals surface area contributed by atoms with Crippen LogP contribution in [0, 0.1) is 0 Å². The molecule has 2 N–H and O–H groups in total. The van der Waals surface area contributed by atoms with Gasteiger partial charge in [0.25, 0.3) is 5.56 Å². The molecule has 2 heterocycles. The zero-order valence-electron chi connectivity index (χ0n) is 14.1. The molecule has 26 heavy (non-hydrogen) atoms. The number of hydrogen-bond acceptors (Lipinski definition) is 3. The quantitative estimate of drug-likeness (QED) is 0.745. The van der Waals surface area contributed by atoms with E-state index in [0.717, 1.165) is 18.6 Å². The summed E-state index contributed by atoms with van der Waals surface area (Å²) in [5.74, 6) is 0. The average molecular weight is 366 g/mol. The van der Waals surface area contributed by atoms with Gasteiger partial charge in [-0.15, -0.1) is 0 Å². The highest BCUT2D eigenvalue weighted by Gasteiger charge is 2.30. The van der Waals surface area contributed by atoms with Gasteiger partial charge in [-0.05, 0) is 31.0 Å². The molecule has 0 aliphatic heterocycles. The lowest BCUT2D eigenvalue weighted by molar-refractivity contribution is -0.137. The smallest absolute Gasteiger partial charge is 0.292 e. The number of nitrogens with zero attached hydrogens (tertiary/aromatic N) is 2. The lowest BCUT2D eigenvalue weighted by Gasteiger charge is -2.15. The van der Waals surface area contributed by atoms with E-state index in [1.54, 1.807) is 6.92 Å². The SMILES string of the molecule is CCCc1nn([C@@H](C)c2ccc(C(F)(F)F)cc2)c2[nH]c(=O)[nH]c(=O)c12. The third-order valence-electron chi connectivity index (χ3n) is 4.24. The molecule has 1 aromatic carbocycles. The predicted molar refractivity (Wildman–Crippen MR) is 90.2 cm³/mol. The van der Waals surface area contributed by atoms with Crippen molar-refractivity contribution in [2.75, 3.05) is 0 Å². The minimum absolute atomic E-state index is 0.259. The molecular formula is C17H17F3N4O2. The monoisotopic (exact) mass is 366 g/mol. The Kier molecular flexibility index (Phi) is 4.47. The standard InChI is InChI=1S/C17H17F3N4O2/c1-3-4-12-13-14(21-16(26)22-15(13)25)24(23-12)9(2)10-5-7-11(8-6-10)17(18,19)20/h5-9H,3-4H2,1-2H3,(H2,21,22,25,26)/t9-/m0/s1. The lowest BCUT2D eigenvalue weighted by atomic mass is 10.1. The van der Waals surface area contributed by atoms with Crippen LogP contribution in [-0.2, 0) is 12.6 Å². The zero-order chi connectivity index (χ0) is 19.1. The predicted octanol–water partition coefficient (Wildman–Crippen LogP) is 2.99. The van der Waals surface area contributed by atoms with Crippen LogP contribution in [0.15, 0.2) is 33.9 Å². The van der Waals surface area contributed by atoms with E-state index in [1.165, 1.54) is 16.8 Å². The molecule has 3 aromatic rings. The zero-order valence-corrected chi connectivity index (χ0v) is 14.1. The summed E-state index contributed by atoms with van der Waals surface area (Å²) >= 11 is 0. The second kappa shape index (κ2) is 6.47. The van der Waals surface area contributed by atoms with Crippen molar-refractivity contribution in [3.63, 3.8) is 0 Å². The van der Waals surface area contributed by atoms with E-state index in [-0.39, 0.29) is 5.65 Å². The van der Waals surface area contributed by atoms with Crippen LogP contribution in [0.4, 0.5) is 13.2 Å². The van der Waals surface area contributed by atoms with Crippen molar-refractivity contribution in [1.82, 2.24) is 19.7 Å². The molecule has 0 aliphatic rings. The Hall–Kier alpha value is -2.84. The van der Waals surface area contributed by atoms with Crippen LogP contribution in [0.5, 0.6) is 0 Å². The molecule has 0 saturated carbocycles. The van der Waals surface area contributed by atoms with Crippen molar-refractivity contribution in [1.29, 1.82) is 0 Å². The van der Waals surface area contributed by atoms with Crippen molar-refractivity contribution >= 4 is 11.0 Å². The molecule has 0 aliphatic carbocycles. The summed E-state index contributed by atoms with van der Waals surface area (Å²) in [5, 5.41) is 4.73. The summed E-state index contributed by atoms with van der Waals surface area (Å²) in [7, 11) is 0. The summed E-state index contributed by atoms with van der Waals surface area (Å²) in [6.45, 7) is 3.67. The number of rotatable bonds is 4. The van der Waals surface area contributed by atoms with Crippen LogP contribution in [-0.4, -0.2) is 19.7 Å². The van der Waals surface area contributed by atoms with E-state index < -0.39 is 29.0 Å². The Morgan fingerprint density at radius 3 is 2.38 bits per heavy atom. The number of H-pyrrole nitrogens is 2. The van der Waals surface area contributed by atoms with Crippen LogP contribution >= 0.6 is 0 Å². The molecule has 0 saturated heterocycles. The number of hydrogen-bond donors (Lipinski definition) is 2. The lowest BCUT2D eigenvalue weighted by Crippen LogP contribution is -2.23. The molecule has 0 bridgehead atoms. The van der Waals surface area contributed by atoms with E-state index >= 15 is 0 Å². The van der Waals surface area contributed by atoms with E-state index in [1.807, 2.05) is 6.92 Å². The van der Waals surface area contributed by atoms with E-state index in [9.17, 15) is 22.8 Å². The third kappa shape index (κ3) is 3.16. The molecule has 138 valence electrons.